The number of carboxylic acids is 1. The number of amides is 2. The molecule has 1 aromatic rings. The molecular formula is C14H18N2O4. The van der Waals surface area contributed by atoms with Crippen LogP contribution in [0.4, 0.5) is 0 Å². The van der Waals surface area contributed by atoms with Gasteiger partial charge in [-0.3, -0.25) is 14.4 Å². The molecule has 0 saturated heterocycles. The van der Waals surface area contributed by atoms with E-state index in [4.69, 9.17) is 5.11 Å². The van der Waals surface area contributed by atoms with Crippen molar-refractivity contribution in [3.05, 3.63) is 35.4 Å². The lowest BCUT2D eigenvalue weighted by atomic mass is 10.0. The highest BCUT2D eigenvalue weighted by atomic mass is 16.4. The number of hydrogen-bond donors (Lipinski definition) is 3. The van der Waals surface area contributed by atoms with Crippen molar-refractivity contribution in [1.82, 2.24) is 10.6 Å². The van der Waals surface area contributed by atoms with Crippen molar-refractivity contribution in [3.8, 4) is 0 Å². The lowest BCUT2D eigenvalue weighted by Crippen LogP contribution is -2.36. The molecule has 1 rings (SSSR count). The fraction of sp³-hybridized carbons (Fsp3) is 0.357. The van der Waals surface area contributed by atoms with Crippen LogP contribution in [0.2, 0.25) is 0 Å². The number of aryl methyl sites for hydroxylation is 1. The summed E-state index contributed by atoms with van der Waals surface area (Å²) in [5.41, 5.74) is 1.55. The zero-order chi connectivity index (χ0) is 15.1. The second kappa shape index (κ2) is 7.28. The molecule has 6 nitrogen and oxygen atoms in total. The van der Waals surface area contributed by atoms with E-state index in [9.17, 15) is 14.4 Å². The third kappa shape index (κ3) is 4.38. The first kappa shape index (κ1) is 15.7. The van der Waals surface area contributed by atoms with Gasteiger partial charge >= 0.3 is 5.97 Å². The fourth-order valence-electron chi connectivity index (χ4n) is 1.68. The zero-order valence-electron chi connectivity index (χ0n) is 11.5. The molecule has 20 heavy (non-hydrogen) atoms. The van der Waals surface area contributed by atoms with Gasteiger partial charge in [-0.15, -0.1) is 0 Å². The van der Waals surface area contributed by atoms with Crippen molar-refractivity contribution in [1.29, 1.82) is 0 Å². The van der Waals surface area contributed by atoms with Gasteiger partial charge in [0.25, 0.3) is 5.91 Å². The van der Waals surface area contributed by atoms with Crippen LogP contribution >= 0.6 is 0 Å². The van der Waals surface area contributed by atoms with E-state index in [1.807, 2.05) is 19.1 Å². The van der Waals surface area contributed by atoms with E-state index in [0.29, 0.717) is 5.56 Å². The van der Waals surface area contributed by atoms with Crippen LogP contribution in [0.15, 0.2) is 24.3 Å². The quantitative estimate of drug-likeness (QED) is 0.663. The second-order valence-electron chi connectivity index (χ2n) is 4.42. The van der Waals surface area contributed by atoms with Crippen molar-refractivity contribution in [2.24, 2.45) is 5.92 Å². The van der Waals surface area contributed by atoms with E-state index in [0.717, 1.165) is 5.56 Å². The van der Waals surface area contributed by atoms with Crippen LogP contribution in [-0.4, -0.2) is 36.5 Å². The predicted molar refractivity (Wildman–Crippen MR) is 73.3 cm³/mol. The summed E-state index contributed by atoms with van der Waals surface area (Å²) in [7, 11) is 1.38. The normalized spacial score (nSPS) is 11.5. The van der Waals surface area contributed by atoms with E-state index in [2.05, 4.69) is 10.6 Å². The van der Waals surface area contributed by atoms with E-state index in [1.54, 1.807) is 12.1 Å². The third-order valence-corrected chi connectivity index (χ3v) is 2.89. The van der Waals surface area contributed by atoms with Gasteiger partial charge in [0.15, 0.2) is 0 Å². The fourth-order valence-corrected chi connectivity index (χ4v) is 1.68. The highest BCUT2D eigenvalue weighted by molar-refractivity contribution is 5.97. The first-order valence-corrected chi connectivity index (χ1v) is 6.25. The summed E-state index contributed by atoms with van der Waals surface area (Å²) in [4.78, 5) is 34.0. The van der Waals surface area contributed by atoms with Gasteiger partial charge in [-0.1, -0.05) is 17.7 Å². The molecule has 2 amide bonds. The minimum atomic E-state index is -1.20. The highest BCUT2D eigenvalue weighted by Gasteiger charge is 2.24. The average molecular weight is 278 g/mol. The Morgan fingerprint density at radius 3 is 2.30 bits per heavy atom. The molecule has 0 unspecified atom stereocenters. The number of hydrogen-bond acceptors (Lipinski definition) is 3. The summed E-state index contributed by atoms with van der Waals surface area (Å²) in [6.07, 6.45) is 0.0482. The number of benzene rings is 1. The molecule has 0 aliphatic rings. The van der Waals surface area contributed by atoms with Crippen molar-refractivity contribution < 1.29 is 19.5 Å². The second-order valence-corrected chi connectivity index (χ2v) is 4.42. The maximum absolute atomic E-state index is 11.8. The van der Waals surface area contributed by atoms with E-state index >= 15 is 0 Å². The summed E-state index contributed by atoms with van der Waals surface area (Å²) in [5, 5.41) is 13.8. The largest absolute Gasteiger partial charge is 0.481 e. The van der Waals surface area contributed by atoms with Crippen LogP contribution in [0.3, 0.4) is 0 Å². The molecule has 3 N–H and O–H groups in total. The van der Waals surface area contributed by atoms with Crippen molar-refractivity contribution in [3.63, 3.8) is 0 Å². The van der Waals surface area contributed by atoms with Crippen LogP contribution in [0, 0.1) is 12.8 Å². The Morgan fingerprint density at radius 1 is 1.20 bits per heavy atom. The summed E-state index contributed by atoms with van der Waals surface area (Å²) >= 11 is 0. The molecule has 0 bridgehead atoms. The van der Waals surface area contributed by atoms with Crippen molar-refractivity contribution in [2.75, 3.05) is 13.6 Å². The molecule has 1 atom stereocenters. The minimum absolute atomic E-state index is 0.0482. The van der Waals surface area contributed by atoms with Gasteiger partial charge in [-0.25, -0.2) is 0 Å². The predicted octanol–water partition coefficient (Wildman–Crippen LogP) is 0.562. The number of carbonyl (C=O) groups excluding carboxylic acids is 2. The molecule has 6 heteroatoms. The SMILES string of the molecule is CNC(=O)[C@@H](CCNC(=O)c1ccc(C)cc1)C(=O)O. The molecule has 0 aromatic heterocycles. The van der Waals surface area contributed by atoms with Crippen LogP contribution in [0.5, 0.6) is 0 Å². The van der Waals surface area contributed by atoms with Crippen LogP contribution in [0.1, 0.15) is 22.3 Å². The van der Waals surface area contributed by atoms with Crippen molar-refractivity contribution >= 4 is 17.8 Å². The number of nitrogens with one attached hydrogen (secondary N) is 2. The average Bonchev–Trinajstić information content (AvgIpc) is 2.43. The van der Waals surface area contributed by atoms with Gasteiger partial charge in [0, 0.05) is 19.2 Å². The molecular weight excluding hydrogens is 260 g/mol. The van der Waals surface area contributed by atoms with Gasteiger partial charge < -0.3 is 15.7 Å². The Hall–Kier alpha value is -2.37. The van der Waals surface area contributed by atoms with E-state index in [-0.39, 0.29) is 18.9 Å². The molecule has 0 aliphatic carbocycles. The maximum atomic E-state index is 11.8. The Bertz CT molecular complexity index is 496. The van der Waals surface area contributed by atoms with Crippen LogP contribution < -0.4 is 10.6 Å². The summed E-state index contributed by atoms with van der Waals surface area (Å²) < 4.78 is 0. The monoisotopic (exact) mass is 278 g/mol. The number of carbonyl (C=O) groups is 3. The Morgan fingerprint density at radius 2 is 1.80 bits per heavy atom. The zero-order valence-corrected chi connectivity index (χ0v) is 11.5. The van der Waals surface area contributed by atoms with Gasteiger partial charge in [-0.2, -0.15) is 0 Å². The summed E-state index contributed by atoms with van der Waals surface area (Å²) in [5.74, 6) is -3.21. The molecule has 0 aliphatic heterocycles. The number of aliphatic carboxylic acids is 1. The van der Waals surface area contributed by atoms with Gasteiger partial charge in [0.2, 0.25) is 5.91 Å². The van der Waals surface area contributed by atoms with E-state index in [1.165, 1.54) is 7.05 Å². The lowest BCUT2D eigenvalue weighted by molar-refractivity contribution is -0.147. The summed E-state index contributed by atoms with van der Waals surface area (Å²) in [6, 6.07) is 7.02. The molecule has 0 radical (unpaired) electrons. The Kier molecular flexibility index (Phi) is 5.71. The van der Waals surface area contributed by atoms with Gasteiger partial charge in [-0.05, 0) is 25.5 Å². The Labute approximate surface area is 117 Å². The first-order valence-electron chi connectivity index (χ1n) is 6.25. The molecule has 0 saturated carbocycles. The standard InChI is InChI=1S/C14H18N2O4/c1-9-3-5-10(6-4-9)12(17)16-8-7-11(14(19)20)13(18)15-2/h3-6,11H,7-8H2,1-2H3,(H,15,18)(H,16,17)(H,19,20)/t11-/m1/s1. The summed E-state index contributed by atoms with van der Waals surface area (Å²) in [6.45, 7) is 2.04. The molecule has 1 aromatic carbocycles. The molecule has 0 spiro atoms. The topological polar surface area (TPSA) is 95.5 Å². The molecule has 0 heterocycles. The smallest absolute Gasteiger partial charge is 0.316 e. The van der Waals surface area contributed by atoms with Crippen LogP contribution in [-0.2, 0) is 9.59 Å². The van der Waals surface area contributed by atoms with E-state index < -0.39 is 17.8 Å². The van der Waals surface area contributed by atoms with Gasteiger partial charge in [0.05, 0.1) is 0 Å². The van der Waals surface area contributed by atoms with Crippen molar-refractivity contribution in [2.45, 2.75) is 13.3 Å². The third-order valence-electron chi connectivity index (χ3n) is 2.89. The first-order chi connectivity index (χ1) is 9.45. The number of carboxylic acid groups (broad SMARTS) is 1. The molecule has 0 fully saturated rings. The van der Waals surface area contributed by atoms with Gasteiger partial charge in [0.1, 0.15) is 5.92 Å². The lowest BCUT2D eigenvalue weighted by Gasteiger charge is -2.11. The minimum Gasteiger partial charge on any atom is -0.481 e. The number of rotatable bonds is 6. The van der Waals surface area contributed by atoms with Crippen LogP contribution in [0.25, 0.3) is 0 Å². The Balaban J connectivity index is 2.50. The highest BCUT2D eigenvalue weighted by Crippen LogP contribution is 2.05. The maximum Gasteiger partial charge on any atom is 0.316 e. The molecule has 108 valence electrons.